The maximum absolute atomic E-state index is 12.5. The number of aromatic nitrogens is 3. The molecule has 4 rings (SSSR count). The fourth-order valence-corrected chi connectivity index (χ4v) is 2.89. The Bertz CT molecular complexity index is 879. The molecule has 2 aromatic heterocycles. The molecule has 6 heteroatoms. The van der Waals surface area contributed by atoms with Crippen LogP contribution in [0.15, 0.2) is 35.3 Å². The minimum absolute atomic E-state index is 0.0896. The molecule has 1 aliphatic rings. The molecule has 3 aromatic rings. The van der Waals surface area contributed by atoms with Crippen LogP contribution < -0.4 is 10.9 Å². The number of nitrogens with one attached hydrogen (secondary N) is 2. The van der Waals surface area contributed by atoms with E-state index in [4.69, 9.17) is 11.6 Å². The number of H-pyrrole nitrogens is 1. The summed E-state index contributed by atoms with van der Waals surface area (Å²) in [6, 6.07) is 7.17. The highest BCUT2D eigenvalue weighted by molar-refractivity contribution is 6.30. The molecule has 0 atom stereocenters. The van der Waals surface area contributed by atoms with Crippen LogP contribution in [0.1, 0.15) is 11.3 Å². The second-order valence-electron chi connectivity index (χ2n) is 5.13. The van der Waals surface area contributed by atoms with Crippen molar-refractivity contribution >= 4 is 22.5 Å². The number of hydrogen-bond donors (Lipinski definition) is 2. The third kappa shape index (κ3) is 1.97. The summed E-state index contributed by atoms with van der Waals surface area (Å²) in [7, 11) is 0. The summed E-state index contributed by atoms with van der Waals surface area (Å²) in [5, 5.41) is 7.79. The Labute approximate surface area is 125 Å². The van der Waals surface area contributed by atoms with Gasteiger partial charge in [0.25, 0.3) is 5.56 Å². The van der Waals surface area contributed by atoms with Gasteiger partial charge in [-0.1, -0.05) is 11.6 Å². The van der Waals surface area contributed by atoms with Crippen LogP contribution in [-0.4, -0.2) is 21.3 Å². The van der Waals surface area contributed by atoms with E-state index >= 15 is 0 Å². The van der Waals surface area contributed by atoms with Gasteiger partial charge in [0.15, 0.2) is 0 Å². The lowest BCUT2D eigenvalue weighted by Crippen LogP contribution is -2.24. The van der Waals surface area contributed by atoms with E-state index in [2.05, 4.69) is 15.4 Å². The van der Waals surface area contributed by atoms with Crippen LogP contribution >= 0.6 is 11.6 Å². The molecule has 0 saturated heterocycles. The lowest BCUT2D eigenvalue weighted by atomic mass is 10.1. The van der Waals surface area contributed by atoms with Crippen LogP contribution in [0.2, 0.25) is 5.02 Å². The summed E-state index contributed by atoms with van der Waals surface area (Å²) in [5.74, 6) is 0. The highest BCUT2D eigenvalue weighted by Crippen LogP contribution is 2.21. The van der Waals surface area contributed by atoms with Crippen molar-refractivity contribution < 1.29 is 0 Å². The second kappa shape index (κ2) is 4.72. The lowest BCUT2D eigenvalue weighted by molar-refractivity contribution is 0.633. The van der Waals surface area contributed by atoms with Gasteiger partial charge >= 0.3 is 0 Å². The predicted molar refractivity (Wildman–Crippen MR) is 82.1 cm³/mol. The molecule has 0 fully saturated rings. The first-order chi connectivity index (χ1) is 10.2. The van der Waals surface area contributed by atoms with Gasteiger partial charge in [-0.15, -0.1) is 0 Å². The summed E-state index contributed by atoms with van der Waals surface area (Å²) < 4.78 is 1.54. The molecule has 0 aliphatic carbocycles. The van der Waals surface area contributed by atoms with Gasteiger partial charge in [0, 0.05) is 42.0 Å². The Morgan fingerprint density at radius 3 is 2.86 bits per heavy atom. The third-order valence-corrected chi connectivity index (χ3v) is 4.10. The number of rotatable bonds is 1. The summed E-state index contributed by atoms with van der Waals surface area (Å²) in [4.78, 5) is 17.0. The van der Waals surface area contributed by atoms with Gasteiger partial charge in [-0.05, 0) is 24.3 Å². The maximum atomic E-state index is 12.5. The molecular weight excluding hydrogens is 288 g/mol. The summed E-state index contributed by atoms with van der Waals surface area (Å²) in [6.45, 7) is 1.66. The molecule has 0 radical (unpaired) electrons. The Morgan fingerprint density at radius 1 is 1.24 bits per heavy atom. The molecule has 3 heterocycles. The van der Waals surface area contributed by atoms with Crippen molar-refractivity contribution in [3.05, 3.63) is 57.1 Å². The third-order valence-electron chi connectivity index (χ3n) is 3.85. The number of benzene rings is 1. The van der Waals surface area contributed by atoms with Crippen LogP contribution in [0.3, 0.4) is 0 Å². The van der Waals surface area contributed by atoms with Crippen molar-refractivity contribution in [2.45, 2.75) is 13.0 Å². The van der Waals surface area contributed by atoms with Crippen molar-refractivity contribution in [2.75, 3.05) is 6.54 Å². The molecule has 0 bridgehead atoms. The van der Waals surface area contributed by atoms with E-state index in [0.717, 1.165) is 42.0 Å². The number of nitrogens with zero attached hydrogens (tertiary/aromatic N) is 2. The number of hydrogen-bond acceptors (Lipinski definition) is 3. The molecule has 106 valence electrons. The molecule has 21 heavy (non-hydrogen) atoms. The number of pyridine rings is 1. The van der Waals surface area contributed by atoms with E-state index in [1.807, 2.05) is 12.1 Å². The highest BCUT2D eigenvalue weighted by Gasteiger charge is 2.18. The Balaban J connectivity index is 1.97. The van der Waals surface area contributed by atoms with Crippen molar-refractivity contribution in [1.29, 1.82) is 0 Å². The van der Waals surface area contributed by atoms with E-state index < -0.39 is 0 Å². The van der Waals surface area contributed by atoms with Crippen LogP contribution in [0.5, 0.6) is 0 Å². The average Bonchev–Trinajstić information content (AvgIpc) is 2.86. The minimum Gasteiger partial charge on any atom is -0.312 e. The minimum atomic E-state index is -0.0896. The molecule has 2 N–H and O–H groups in total. The largest absolute Gasteiger partial charge is 0.312 e. The molecule has 0 spiro atoms. The summed E-state index contributed by atoms with van der Waals surface area (Å²) >= 11 is 5.90. The van der Waals surface area contributed by atoms with Gasteiger partial charge in [-0.25, -0.2) is 4.68 Å². The Morgan fingerprint density at radius 2 is 2.05 bits per heavy atom. The fourth-order valence-electron chi connectivity index (χ4n) is 2.76. The van der Waals surface area contributed by atoms with Gasteiger partial charge in [-0.2, -0.15) is 0 Å². The van der Waals surface area contributed by atoms with Crippen molar-refractivity contribution in [3.8, 4) is 5.69 Å². The molecule has 0 saturated carbocycles. The van der Waals surface area contributed by atoms with Gasteiger partial charge in [-0.3, -0.25) is 14.9 Å². The lowest BCUT2D eigenvalue weighted by Gasteiger charge is -2.15. The zero-order valence-electron chi connectivity index (χ0n) is 11.2. The van der Waals surface area contributed by atoms with Gasteiger partial charge in [0.1, 0.15) is 0 Å². The molecule has 1 aromatic carbocycles. The SMILES string of the molecule is O=c1c2cnc3c(c2[nH]n1-c1ccc(Cl)cc1)CNCC3. The van der Waals surface area contributed by atoms with E-state index in [9.17, 15) is 4.79 Å². The first-order valence-corrected chi connectivity index (χ1v) is 7.20. The number of halogens is 1. The highest BCUT2D eigenvalue weighted by atomic mass is 35.5. The Hall–Kier alpha value is -2.11. The molecule has 1 aliphatic heterocycles. The normalized spacial score (nSPS) is 14.3. The van der Waals surface area contributed by atoms with Crippen LogP contribution in [0.25, 0.3) is 16.6 Å². The zero-order valence-corrected chi connectivity index (χ0v) is 11.9. The first kappa shape index (κ1) is 12.6. The number of aromatic amines is 1. The van der Waals surface area contributed by atoms with E-state index in [1.54, 1.807) is 18.3 Å². The van der Waals surface area contributed by atoms with Gasteiger partial charge < -0.3 is 5.32 Å². The predicted octanol–water partition coefficient (Wildman–Crippen LogP) is 2.01. The first-order valence-electron chi connectivity index (χ1n) is 6.82. The molecule has 5 nitrogen and oxygen atoms in total. The second-order valence-corrected chi connectivity index (χ2v) is 5.56. The molecule has 0 unspecified atom stereocenters. The summed E-state index contributed by atoms with van der Waals surface area (Å²) in [6.07, 6.45) is 2.56. The maximum Gasteiger partial charge on any atom is 0.280 e. The number of fused-ring (bicyclic) bond motifs is 3. The van der Waals surface area contributed by atoms with Crippen molar-refractivity contribution in [2.24, 2.45) is 0 Å². The quantitative estimate of drug-likeness (QED) is 0.723. The Kier molecular flexibility index (Phi) is 2.83. The van der Waals surface area contributed by atoms with Crippen molar-refractivity contribution in [3.63, 3.8) is 0 Å². The molecular formula is C15H13ClN4O. The van der Waals surface area contributed by atoms with Gasteiger partial charge in [0.2, 0.25) is 0 Å². The average molecular weight is 301 g/mol. The van der Waals surface area contributed by atoms with Crippen LogP contribution in [-0.2, 0) is 13.0 Å². The van der Waals surface area contributed by atoms with E-state index in [1.165, 1.54) is 4.68 Å². The van der Waals surface area contributed by atoms with Crippen LogP contribution in [0.4, 0.5) is 0 Å². The van der Waals surface area contributed by atoms with Crippen LogP contribution in [0, 0.1) is 0 Å². The topological polar surface area (TPSA) is 62.7 Å². The fraction of sp³-hybridized carbons (Fsp3) is 0.200. The molecule has 0 amide bonds. The zero-order chi connectivity index (χ0) is 14.4. The van der Waals surface area contributed by atoms with E-state index in [0.29, 0.717) is 10.4 Å². The standard InChI is InChI=1S/C15H13ClN4O/c16-9-1-3-10(4-2-9)20-15(21)12-8-18-13-5-6-17-7-11(13)14(12)19-20/h1-4,8,17,19H,5-7H2. The van der Waals surface area contributed by atoms with E-state index in [-0.39, 0.29) is 5.56 Å². The summed E-state index contributed by atoms with van der Waals surface area (Å²) in [5.41, 5.74) is 3.69. The smallest absolute Gasteiger partial charge is 0.280 e. The monoisotopic (exact) mass is 300 g/mol. The van der Waals surface area contributed by atoms with Crippen molar-refractivity contribution in [1.82, 2.24) is 20.1 Å². The van der Waals surface area contributed by atoms with Gasteiger partial charge in [0.05, 0.1) is 16.6 Å².